The fourth-order valence-electron chi connectivity index (χ4n) is 3.25. The van der Waals surface area contributed by atoms with Gasteiger partial charge in [0.2, 0.25) is 0 Å². The van der Waals surface area contributed by atoms with E-state index in [9.17, 15) is 9.90 Å². The molecule has 0 aromatic rings. The minimum absolute atomic E-state index is 0.253. The number of hydrogen-bond acceptors (Lipinski definition) is 5. The molecule has 22 heavy (non-hydrogen) atoms. The molecule has 2 heterocycles. The molecule has 0 saturated carbocycles. The van der Waals surface area contributed by atoms with Gasteiger partial charge >= 0.3 is 6.09 Å². The fraction of sp³-hybridized carbons (Fsp3) is 0.938. The number of carbonyl (C=O) groups is 1. The molecule has 2 saturated heterocycles. The van der Waals surface area contributed by atoms with Gasteiger partial charge in [-0.05, 0) is 52.4 Å². The minimum atomic E-state index is -0.888. The van der Waals surface area contributed by atoms with Gasteiger partial charge in [0.15, 0.2) is 0 Å². The Morgan fingerprint density at radius 2 is 1.86 bits per heavy atom. The largest absolute Gasteiger partial charge is 0.444 e. The van der Waals surface area contributed by atoms with Crippen LogP contribution in [0.15, 0.2) is 0 Å². The van der Waals surface area contributed by atoms with E-state index in [1.807, 2.05) is 20.8 Å². The predicted octanol–water partition coefficient (Wildman–Crippen LogP) is 1.50. The zero-order valence-corrected chi connectivity index (χ0v) is 14.0. The van der Waals surface area contributed by atoms with Crippen LogP contribution in [-0.2, 0) is 9.47 Å². The fourth-order valence-corrected chi connectivity index (χ4v) is 3.25. The van der Waals surface area contributed by atoms with Crippen LogP contribution in [0.4, 0.5) is 4.79 Å². The molecule has 2 fully saturated rings. The number of ether oxygens (including phenoxy) is 2. The molecule has 0 aromatic heterocycles. The van der Waals surface area contributed by atoms with Crippen molar-refractivity contribution in [2.24, 2.45) is 11.7 Å². The molecule has 0 spiro atoms. The number of hydrogen-bond donors (Lipinski definition) is 2. The van der Waals surface area contributed by atoms with Gasteiger partial charge in [0.05, 0.1) is 5.60 Å². The van der Waals surface area contributed by atoms with Crippen LogP contribution < -0.4 is 5.73 Å². The summed E-state index contributed by atoms with van der Waals surface area (Å²) < 4.78 is 10.7. The van der Waals surface area contributed by atoms with E-state index in [0.29, 0.717) is 31.8 Å². The summed E-state index contributed by atoms with van der Waals surface area (Å²) in [5.74, 6) is 0.298. The standard InChI is InChI=1S/C16H30N2O4/c1-15(2,3)22-14(19)18-8-6-16(20,7-9-18)13(17)12-4-10-21-11-5-12/h12-13,20H,4-11,17H2,1-3H3. The molecule has 1 atom stereocenters. The number of rotatable bonds is 2. The van der Waals surface area contributed by atoms with Gasteiger partial charge in [-0.2, -0.15) is 0 Å². The first kappa shape index (κ1) is 17.5. The molecule has 3 N–H and O–H groups in total. The Kier molecular flexibility index (Phi) is 5.35. The number of nitrogens with two attached hydrogens (primary N) is 1. The highest BCUT2D eigenvalue weighted by Crippen LogP contribution is 2.32. The summed E-state index contributed by atoms with van der Waals surface area (Å²) in [6, 6.07) is -0.253. The third-order valence-corrected chi connectivity index (χ3v) is 4.68. The third kappa shape index (κ3) is 4.33. The van der Waals surface area contributed by atoms with Crippen LogP contribution in [0.5, 0.6) is 0 Å². The molecule has 0 aromatic carbocycles. The van der Waals surface area contributed by atoms with Gasteiger partial charge in [0.1, 0.15) is 5.60 Å². The molecule has 1 unspecified atom stereocenters. The van der Waals surface area contributed by atoms with Crippen molar-refractivity contribution in [1.82, 2.24) is 4.90 Å². The SMILES string of the molecule is CC(C)(C)OC(=O)N1CCC(O)(C(N)C2CCOCC2)CC1. The third-order valence-electron chi connectivity index (χ3n) is 4.68. The zero-order valence-electron chi connectivity index (χ0n) is 14.0. The summed E-state index contributed by atoms with van der Waals surface area (Å²) in [7, 11) is 0. The molecular weight excluding hydrogens is 284 g/mol. The average molecular weight is 314 g/mol. The van der Waals surface area contributed by atoms with Gasteiger partial charge in [-0.1, -0.05) is 0 Å². The summed E-state index contributed by atoms with van der Waals surface area (Å²) >= 11 is 0. The van der Waals surface area contributed by atoms with Crippen LogP contribution in [0, 0.1) is 5.92 Å². The zero-order chi connectivity index (χ0) is 16.4. The first-order valence-corrected chi connectivity index (χ1v) is 8.25. The lowest BCUT2D eigenvalue weighted by molar-refractivity contribution is -0.0698. The van der Waals surface area contributed by atoms with Crippen LogP contribution >= 0.6 is 0 Å². The highest BCUT2D eigenvalue weighted by molar-refractivity contribution is 5.68. The summed E-state index contributed by atoms with van der Waals surface area (Å²) in [5.41, 5.74) is 4.96. The van der Waals surface area contributed by atoms with E-state index in [4.69, 9.17) is 15.2 Å². The smallest absolute Gasteiger partial charge is 0.410 e. The Hall–Kier alpha value is -0.850. The molecule has 0 aliphatic carbocycles. The first-order chi connectivity index (χ1) is 10.2. The van der Waals surface area contributed by atoms with Gasteiger partial charge < -0.3 is 25.2 Å². The molecule has 2 rings (SSSR count). The molecule has 0 radical (unpaired) electrons. The Balaban J connectivity index is 1.88. The maximum absolute atomic E-state index is 12.1. The molecule has 6 nitrogen and oxygen atoms in total. The number of amides is 1. The van der Waals surface area contributed by atoms with E-state index in [2.05, 4.69) is 0 Å². The van der Waals surface area contributed by atoms with Crippen LogP contribution in [0.2, 0.25) is 0 Å². The highest BCUT2D eigenvalue weighted by Gasteiger charge is 2.43. The Labute approximate surface area is 132 Å². The van der Waals surface area contributed by atoms with Crippen LogP contribution in [0.25, 0.3) is 0 Å². The highest BCUT2D eigenvalue weighted by atomic mass is 16.6. The van der Waals surface area contributed by atoms with Crippen molar-refractivity contribution in [1.29, 1.82) is 0 Å². The van der Waals surface area contributed by atoms with Gasteiger partial charge in [0.25, 0.3) is 0 Å². The second kappa shape index (κ2) is 6.72. The topological polar surface area (TPSA) is 85.0 Å². The first-order valence-electron chi connectivity index (χ1n) is 8.25. The lowest BCUT2D eigenvalue weighted by atomic mass is 9.76. The summed E-state index contributed by atoms with van der Waals surface area (Å²) in [6.45, 7) is 7.98. The van der Waals surface area contributed by atoms with Crippen molar-refractivity contribution in [2.45, 2.75) is 63.7 Å². The van der Waals surface area contributed by atoms with E-state index < -0.39 is 11.2 Å². The molecule has 2 aliphatic rings. The monoisotopic (exact) mass is 314 g/mol. The van der Waals surface area contributed by atoms with E-state index in [1.54, 1.807) is 4.90 Å². The maximum Gasteiger partial charge on any atom is 0.410 e. The van der Waals surface area contributed by atoms with Crippen LogP contribution in [0.1, 0.15) is 46.5 Å². The summed E-state index contributed by atoms with van der Waals surface area (Å²) in [6.07, 6.45) is 2.50. The molecule has 1 amide bonds. The van der Waals surface area contributed by atoms with E-state index in [1.165, 1.54) is 0 Å². The number of piperidine rings is 1. The second-order valence-corrected chi connectivity index (χ2v) is 7.55. The van der Waals surface area contributed by atoms with Crippen LogP contribution in [-0.4, -0.2) is 59.6 Å². The van der Waals surface area contributed by atoms with E-state index in [0.717, 1.165) is 26.1 Å². The quantitative estimate of drug-likeness (QED) is 0.807. The van der Waals surface area contributed by atoms with Gasteiger partial charge in [-0.25, -0.2) is 4.79 Å². The van der Waals surface area contributed by atoms with Gasteiger partial charge in [-0.15, -0.1) is 0 Å². The van der Waals surface area contributed by atoms with Crippen LogP contribution in [0.3, 0.4) is 0 Å². The minimum Gasteiger partial charge on any atom is -0.444 e. The maximum atomic E-state index is 12.1. The molecule has 2 aliphatic heterocycles. The number of likely N-dealkylation sites (tertiary alicyclic amines) is 1. The van der Waals surface area contributed by atoms with Crippen molar-refractivity contribution < 1.29 is 19.4 Å². The molecule has 128 valence electrons. The summed E-state index contributed by atoms with van der Waals surface area (Å²) in [4.78, 5) is 13.7. The Morgan fingerprint density at radius 1 is 1.32 bits per heavy atom. The number of aliphatic hydroxyl groups is 1. The summed E-state index contributed by atoms with van der Waals surface area (Å²) in [5, 5.41) is 10.9. The van der Waals surface area contributed by atoms with Crippen molar-refractivity contribution in [3.05, 3.63) is 0 Å². The average Bonchev–Trinajstić information content (AvgIpc) is 2.46. The van der Waals surface area contributed by atoms with Crippen molar-refractivity contribution in [2.75, 3.05) is 26.3 Å². The van der Waals surface area contributed by atoms with Crippen molar-refractivity contribution in [3.63, 3.8) is 0 Å². The molecular formula is C16H30N2O4. The van der Waals surface area contributed by atoms with E-state index >= 15 is 0 Å². The Bertz CT molecular complexity index is 380. The van der Waals surface area contributed by atoms with E-state index in [-0.39, 0.29) is 12.1 Å². The lowest BCUT2D eigenvalue weighted by Crippen LogP contribution is -2.59. The lowest BCUT2D eigenvalue weighted by Gasteiger charge is -2.44. The number of carbonyl (C=O) groups excluding carboxylic acids is 1. The normalized spacial score (nSPS) is 24.9. The van der Waals surface area contributed by atoms with Crippen molar-refractivity contribution in [3.8, 4) is 0 Å². The number of nitrogens with zero attached hydrogens (tertiary/aromatic N) is 1. The second-order valence-electron chi connectivity index (χ2n) is 7.55. The van der Waals surface area contributed by atoms with Gasteiger partial charge in [0, 0.05) is 32.3 Å². The van der Waals surface area contributed by atoms with Gasteiger partial charge in [-0.3, -0.25) is 0 Å². The molecule has 6 heteroatoms. The Morgan fingerprint density at radius 3 is 2.36 bits per heavy atom. The molecule has 0 bridgehead atoms. The predicted molar refractivity (Wildman–Crippen MR) is 83.5 cm³/mol. The van der Waals surface area contributed by atoms with Crippen molar-refractivity contribution >= 4 is 6.09 Å².